The summed E-state index contributed by atoms with van der Waals surface area (Å²) < 4.78 is 3.83. The van der Waals surface area contributed by atoms with Crippen molar-refractivity contribution >= 4 is 5.69 Å². The van der Waals surface area contributed by atoms with E-state index >= 15 is 0 Å². The van der Waals surface area contributed by atoms with Gasteiger partial charge in [-0.1, -0.05) is 12.1 Å². The van der Waals surface area contributed by atoms with Gasteiger partial charge >= 0.3 is 0 Å². The summed E-state index contributed by atoms with van der Waals surface area (Å²) in [7, 11) is 0. The average molecular weight is 267 g/mol. The molecule has 0 amide bonds. The summed E-state index contributed by atoms with van der Waals surface area (Å²) in [6.45, 7) is 3.68. The predicted octanol–water partition coefficient (Wildman–Crippen LogP) is 2.40. The summed E-state index contributed by atoms with van der Waals surface area (Å²) in [6, 6.07) is 7.82. The highest BCUT2D eigenvalue weighted by Crippen LogP contribution is 2.20. The molecular formula is C15H17N5. The van der Waals surface area contributed by atoms with Crippen LogP contribution in [0, 0.1) is 0 Å². The molecular weight excluding hydrogens is 250 g/mol. The lowest BCUT2D eigenvalue weighted by atomic mass is 10.1. The van der Waals surface area contributed by atoms with E-state index in [9.17, 15) is 0 Å². The van der Waals surface area contributed by atoms with Crippen LogP contribution in [0.3, 0.4) is 0 Å². The Hall–Kier alpha value is -2.56. The Bertz CT molecular complexity index is 710. The third kappa shape index (κ3) is 2.56. The number of nitrogen functional groups attached to an aromatic ring is 1. The van der Waals surface area contributed by atoms with Crippen molar-refractivity contribution in [1.82, 2.24) is 19.6 Å². The molecule has 3 aromatic rings. The summed E-state index contributed by atoms with van der Waals surface area (Å²) in [5.74, 6) is 0. The van der Waals surface area contributed by atoms with Crippen LogP contribution in [0.15, 0.2) is 49.1 Å². The van der Waals surface area contributed by atoms with Crippen LogP contribution in [-0.2, 0) is 13.1 Å². The first-order valence-corrected chi connectivity index (χ1v) is 6.64. The summed E-state index contributed by atoms with van der Waals surface area (Å²) in [6.07, 6.45) is 7.81. The molecule has 0 bridgehead atoms. The predicted molar refractivity (Wildman–Crippen MR) is 79.1 cm³/mol. The van der Waals surface area contributed by atoms with E-state index in [-0.39, 0.29) is 0 Å². The first kappa shape index (κ1) is 12.5. The molecule has 3 rings (SSSR count). The summed E-state index contributed by atoms with van der Waals surface area (Å²) in [5, 5.41) is 8.66. The first-order valence-electron chi connectivity index (χ1n) is 6.64. The van der Waals surface area contributed by atoms with Crippen LogP contribution in [0.1, 0.15) is 12.5 Å². The average Bonchev–Trinajstić information content (AvgIpc) is 3.08. The van der Waals surface area contributed by atoms with Gasteiger partial charge in [-0.3, -0.25) is 9.36 Å². The lowest BCUT2D eigenvalue weighted by molar-refractivity contribution is 0.654. The van der Waals surface area contributed by atoms with Gasteiger partial charge in [0.05, 0.1) is 18.9 Å². The van der Waals surface area contributed by atoms with Crippen LogP contribution in [0.5, 0.6) is 0 Å². The number of nitrogens with zero attached hydrogens (tertiary/aromatic N) is 4. The van der Waals surface area contributed by atoms with Crippen molar-refractivity contribution < 1.29 is 0 Å². The molecule has 20 heavy (non-hydrogen) atoms. The van der Waals surface area contributed by atoms with Gasteiger partial charge < -0.3 is 5.73 Å². The van der Waals surface area contributed by atoms with Crippen molar-refractivity contribution in [3.05, 3.63) is 54.6 Å². The van der Waals surface area contributed by atoms with E-state index in [0.29, 0.717) is 0 Å². The molecule has 1 aromatic carbocycles. The van der Waals surface area contributed by atoms with Crippen molar-refractivity contribution in [3.8, 4) is 11.1 Å². The minimum absolute atomic E-state index is 0.725. The molecule has 0 unspecified atom stereocenters. The van der Waals surface area contributed by atoms with Crippen molar-refractivity contribution in [2.45, 2.75) is 20.0 Å². The molecule has 2 heterocycles. The maximum absolute atomic E-state index is 5.81. The molecule has 0 fully saturated rings. The summed E-state index contributed by atoms with van der Waals surface area (Å²) in [5.41, 5.74) is 9.87. The van der Waals surface area contributed by atoms with Gasteiger partial charge in [0.15, 0.2) is 0 Å². The zero-order chi connectivity index (χ0) is 13.9. The second kappa shape index (κ2) is 5.21. The Kier molecular flexibility index (Phi) is 3.25. The lowest BCUT2D eigenvalue weighted by Crippen LogP contribution is -1.99. The molecule has 0 aliphatic rings. The number of aromatic nitrogens is 4. The van der Waals surface area contributed by atoms with Crippen LogP contribution in [-0.4, -0.2) is 19.6 Å². The summed E-state index contributed by atoms with van der Waals surface area (Å²) >= 11 is 0. The monoisotopic (exact) mass is 267 g/mol. The van der Waals surface area contributed by atoms with Crippen LogP contribution >= 0.6 is 0 Å². The molecule has 0 radical (unpaired) electrons. The molecule has 0 aliphatic carbocycles. The number of hydrogen-bond acceptors (Lipinski definition) is 3. The number of rotatable bonds is 4. The smallest absolute Gasteiger partial charge is 0.0690 e. The molecule has 0 aliphatic heterocycles. The van der Waals surface area contributed by atoms with Gasteiger partial charge in [-0.05, 0) is 24.6 Å². The number of anilines is 1. The Morgan fingerprint density at radius 1 is 1.05 bits per heavy atom. The van der Waals surface area contributed by atoms with E-state index in [2.05, 4.69) is 17.1 Å². The lowest BCUT2D eigenvalue weighted by Gasteiger charge is -1.99. The highest BCUT2D eigenvalue weighted by Gasteiger charge is 2.04. The van der Waals surface area contributed by atoms with E-state index < -0.39 is 0 Å². The second-order valence-electron chi connectivity index (χ2n) is 4.76. The Morgan fingerprint density at radius 2 is 1.90 bits per heavy atom. The van der Waals surface area contributed by atoms with E-state index in [0.717, 1.165) is 35.5 Å². The van der Waals surface area contributed by atoms with Crippen LogP contribution in [0.2, 0.25) is 0 Å². The molecule has 2 aromatic heterocycles. The Balaban J connectivity index is 1.80. The molecule has 102 valence electrons. The third-order valence-corrected chi connectivity index (χ3v) is 3.21. The Morgan fingerprint density at radius 3 is 2.65 bits per heavy atom. The van der Waals surface area contributed by atoms with Gasteiger partial charge in [0.25, 0.3) is 0 Å². The minimum atomic E-state index is 0.725. The van der Waals surface area contributed by atoms with Crippen LogP contribution < -0.4 is 5.73 Å². The molecule has 2 N–H and O–H groups in total. The fourth-order valence-corrected chi connectivity index (χ4v) is 2.17. The van der Waals surface area contributed by atoms with Crippen LogP contribution in [0.25, 0.3) is 11.1 Å². The standard InChI is InChI=1S/C15H17N5/c1-2-19-9-12(7-17-19)10-20-11-14(8-18-20)13-4-3-5-15(16)6-13/h3-9,11H,2,10,16H2,1H3. The maximum atomic E-state index is 5.81. The summed E-state index contributed by atoms with van der Waals surface area (Å²) in [4.78, 5) is 0. The topological polar surface area (TPSA) is 61.7 Å². The van der Waals surface area contributed by atoms with E-state index in [4.69, 9.17) is 5.73 Å². The number of hydrogen-bond donors (Lipinski definition) is 1. The maximum Gasteiger partial charge on any atom is 0.0690 e. The Labute approximate surface area is 117 Å². The van der Waals surface area contributed by atoms with Gasteiger partial charge in [0.1, 0.15) is 0 Å². The highest BCUT2D eigenvalue weighted by molar-refractivity contribution is 5.65. The number of nitrogens with two attached hydrogens (primary N) is 1. The zero-order valence-corrected chi connectivity index (χ0v) is 11.4. The molecule has 0 atom stereocenters. The van der Waals surface area contributed by atoms with Gasteiger partial charge in [-0.2, -0.15) is 10.2 Å². The van der Waals surface area contributed by atoms with Crippen molar-refractivity contribution in [2.24, 2.45) is 0 Å². The molecule has 0 saturated heterocycles. The second-order valence-corrected chi connectivity index (χ2v) is 4.76. The fourth-order valence-electron chi connectivity index (χ4n) is 2.17. The minimum Gasteiger partial charge on any atom is -0.399 e. The largest absolute Gasteiger partial charge is 0.399 e. The van der Waals surface area contributed by atoms with Gasteiger partial charge in [0.2, 0.25) is 0 Å². The number of benzene rings is 1. The SMILES string of the molecule is CCn1cc(Cn2cc(-c3cccc(N)c3)cn2)cn1. The molecule has 0 saturated carbocycles. The molecule has 0 spiro atoms. The fraction of sp³-hybridized carbons (Fsp3) is 0.200. The van der Waals surface area contributed by atoms with Crippen molar-refractivity contribution in [2.75, 3.05) is 5.73 Å². The van der Waals surface area contributed by atoms with Crippen LogP contribution in [0.4, 0.5) is 5.69 Å². The number of aryl methyl sites for hydroxylation is 1. The molecule has 5 nitrogen and oxygen atoms in total. The van der Waals surface area contributed by atoms with Gasteiger partial charge in [-0.25, -0.2) is 0 Å². The third-order valence-electron chi connectivity index (χ3n) is 3.21. The van der Waals surface area contributed by atoms with E-state index in [1.165, 1.54) is 0 Å². The highest BCUT2D eigenvalue weighted by atomic mass is 15.3. The van der Waals surface area contributed by atoms with E-state index in [1.54, 1.807) is 0 Å². The van der Waals surface area contributed by atoms with Crippen molar-refractivity contribution in [1.29, 1.82) is 0 Å². The van der Waals surface area contributed by atoms with Gasteiger partial charge in [0, 0.05) is 35.8 Å². The first-order chi connectivity index (χ1) is 9.74. The van der Waals surface area contributed by atoms with E-state index in [1.807, 2.05) is 58.4 Å². The quantitative estimate of drug-likeness (QED) is 0.738. The van der Waals surface area contributed by atoms with Crippen molar-refractivity contribution in [3.63, 3.8) is 0 Å². The zero-order valence-electron chi connectivity index (χ0n) is 11.4. The van der Waals surface area contributed by atoms with Gasteiger partial charge in [-0.15, -0.1) is 0 Å². The molecule has 5 heteroatoms. The normalized spacial score (nSPS) is 10.8.